The summed E-state index contributed by atoms with van der Waals surface area (Å²) in [4.78, 5) is 14.0. The summed E-state index contributed by atoms with van der Waals surface area (Å²) < 4.78 is 5.50. The number of benzene rings is 1. The van der Waals surface area contributed by atoms with Crippen LogP contribution in [-0.2, 0) is 9.53 Å². The fourth-order valence-electron chi connectivity index (χ4n) is 2.35. The SMILES string of the molecule is CC1CCOC1C(=O)N(CCO)c1ccccc1N. The molecule has 1 aromatic rings. The lowest BCUT2D eigenvalue weighted by atomic mass is 10.0. The highest BCUT2D eigenvalue weighted by atomic mass is 16.5. The van der Waals surface area contributed by atoms with Crippen LogP contribution in [0.5, 0.6) is 0 Å². The summed E-state index contributed by atoms with van der Waals surface area (Å²) in [6, 6.07) is 7.16. The van der Waals surface area contributed by atoms with Crippen LogP contribution in [0.25, 0.3) is 0 Å². The predicted molar refractivity (Wildman–Crippen MR) is 73.8 cm³/mol. The number of hydrogen-bond donors (Lipinski definition) is 2. The summed E-state index contributed by atoms with van der Waals surface area (Å²) in [5.74, 6) is 0.0654. The van der Waals surface area contributed by atoms with Gasteiger partial charge in [0, 0.05) is 13.2 Å². The number of ether oxygens (including phenoxy) is 1. The summed E-state index contributed by atoms with van der Waals surface area (Å²) in [7, 11) is 0. The van der Waals surface area contributed by atoms with Crippen molar-refractivity contribution >= 4 is 17.3 Å². The summed E-state index contributed by atoms with van der Waals surface area (Å²) in [6.45, 7) is 2.72. The molecule has 0 radical (unpaired) electrons. The standard InChI is InChI=1S/C14H20N2O3/c1-10-6-9-19-13(10)14(18)16(7-8-17)12-5-3-2-4-11(12)15/h2-5,10,13,17H,6-9,15H2,1H3. The van der Waals surface area contributed by atoms with Gasteiger partial charge in [0.15, 0.2) is 0 Å². The molecule has 5 heteroatoms. The lowest BCUT2D eigenvalue weighted by Crippen LogP contribution is -2.43. The summed E-state index contributed by atoms with van der Waals surface area (Å²) in [5.41, 5.74) is 7.06. The van der Waals surface area contributed by atoms with Crippen molar-refractivity contribution in [3.63, 3.8) is 0 Å². The van der Waals surface area contributed by atoms with Gasteiger partial charge in [-0.25, -0.2) is 0 Å². The zero-order chi connectivity index (χ0) is 13.8. The molecule has 1 aromatic carbocycles. The molecule has 3 N–H and O–H groups in total. The zero-order valence-electron chi connectivity index (χ0n) is 11.1. The van der Waals surface area contributed by atoms with Crippen LogP contribution in [0.2, 0.25) is 0 Å². The van der Waals surface area contributed by atoms with Gasteiger partial charge < -0.3 is 20.5 Å². The monoisotopic (exact) mass is 264 g/mol. The fraction of sp³-hybridized carbons (Fsp3) is 0.500. The van der Waals surface area contributed by atoms with Crippen molar-refractivity contribution in [2.75, 3.05) is 30.4 Å². The van der Waals surface area contributed by atoms with Gasteiger partial charge in [0.05, 0.1) is 18.0 Å². The first-order valence-corrected chi connectivity index (χ1v) is 6.53. The number of aliphatic hydroxyl groups is 1. The van der Waals surface area contributed by atoms with E-state index in [1.165, 1.54) is 4.90 Å². The van der Waals surface area contributed by atoms with Crippen molar-refractivity contribution in [2.24, 2.45) is 5.92 Å². The normalized spacial score (nSPS) is 22.4. The highest BCUT2D eigenvalue weighted by molar-refractivity contribution is 5.99. The minimum atomic E-state index is -0.439. The molecule has 2 atom stereocenters. The molecule has 0 aliphatic carbocycles. The number of anilines is 2. The van der Waals surface area contributed by atoms with Crippen LogP contribution in [0.3, 0.4) is 0 Å². The Balaban J connectivity index is 2.25. The molecule has 0 aromatic heterocycles. The highest BCUT2D eigenvalue weighted by Crippen LogP contribution is 2.27. The van der Waals surface area contributed by atoms with Crippen molar-refractivity contribution in [3.8, 4) is 0 Å². The zero-order valence-corrected chi connectivity index (χ0v) is 11.1. The Morgan fingerprint density at radius 2 is 2.26 bits per heavy atom. The van der Waals surface area contributed by atoms with Gasteiger partial charge in [0.1, 0.15) is 6.10 Å². The van der Waals surface area contributed by atoms with Gasteiger partial charge >= 0.3 is 0 Å². The molecule has 1 saturated heterocycles. The average Bonchev–Trinajstić information content (AvgIpc) is 2.82. The Hall–Kier alpha value is -1.59. The highest BCUT2D eigenvalue weighted by Gasteiger charge is 2.34. The Bertz CT molecular complexity index is 450. The van der Waals surface area contributed by atoms with E-state index in [9.17, 15) is 9.90 Å². The number of nitrogen functional groups attached to an aromatic ring is 1. The van der Waals surface area contributed by atoms with Crippen LogP contribution in [0, 0.1) is 5.92 Å². The number of carbonyl (C=O) groups is 1. The van der Waals surface area contributed by atoms with E-state index in [1.54, 1.807) is 12.1 Å². The molecule has 0 bridgehead atoms. The van der Waals surface area contributed by atoms with E-state index < -0.39 is 6.10 Å². The third kappa shape index (κ3) is 2.88. The van der Waals surface area contributed by atoms with Gasteiger partial charge in [-0.2, -0.15) is 0 Å². The largest absolute Gasteiger partial charge is 0.397 e. The summed E-state index contributed by atoms with van der Waals surface area (Å²) in [6.07, 6.45) is 0.444. The van der Waals surface area contributed by atoms with Crippen LogP contribution in [0.15, 0.2) is 24.3 Å². The Morgan fingerprint density at radius 3 is 2.84 bits per heavy atom. The van der Waals surface area contributed by atoms with E-state index in [4.69, 9.17) is 10.5 Å². The third-order valence-corrected chi connectivity index (χ3v) is 3.45. The van der Waals surface area contributed by atoms with Gasteiger partial charge in [-0.05, 0) is 24.5 Å². The van der Waals surface area contributed by atoms with E-state index in [0.717, 1.165) is 6.42 Å². The van der Waals surface area contributed by atoms with E-state index >= 15 is 0 Å². The second kappa shape index (κ2) is 6.04. The lowest BCUT2D eigenvalue weighted by molar-refractivity contribution is -0.128. The minimum absolute atomic E-state index is 0.110. The number of carbonyl (C=O) groups excluding carboxylic acids is 1. The van der Waals surface area contributed by atoms with E-state index in [-0.39, 0.29) is 25.0 Å². The molecule has 2 unspecified atom stereocenters. The van der Waals surface area contributed by atoms with E-state index in [2.05, 4.69) is 0 Å². The number of nitrogens with zero attached hydrogens (tertiary/aromatic N) is 1. The molecule has 1 heterocycles. The quantitative estimate of drug-likeness (QED) is 0.796. The van der Waals surface area contributed by atoms with Gasteiger partial charge in [-0.1, -0.05) is 19.1 Å². The van der Waals surface area contributed by atoms with Crippen molar-refractivity contribution in [2.45, 2.75) is 19.4 Å². The van der Waals surface area contributed by atoms with Crippen LogP contribution in [-0.4, -0.2) is 36.9 Å². The molecule has 2 rings (SSSR count). The molecule has 0 spiro atoms. The lowest BCUT2D eigenvalue weighted by Gasteiger charge is -2.27. The minimum Gasteiger partial charge on any atom is -0.397 e. The molecule has 1 fully saturated rings. The topological polar surface area (TPSA) is 75.8 Å². The van der Waals surface area contributed by atoms with Crippen molar-refractivity contribution < 1.29 is 14.6 Å². The van der Waals surface area contributed by atoms with Crippen LogP contribution in [0.4, 0.5) is 11.4 Å². The van der Waals surface area contributed by atoms with Gasteiger partial charge in [-0.3, -0.25) is 4.79 Å². The maximum Gasteiger partial charge on any atom is 0.256 e. The predicted octanol–water partition coefficient (Wildman–Crippen LogP) is 1.02. The maximum atomic E-state index is 12.5. The van der Waals surface area contributed by atoms with Gasteiger partial charge in [0.2, 0.25) is 0 Å². The average molecular weight is 264 g/mol. The summed E-state index contributed by atoms with van der Waals surface area (Å²) >= 11 is 0. The van der Waals surface area contributed by atoms with Crippen LogP contribution >= 0.6 is 0 Å². The molecule has 1 aliphatic heterocycles. The molecule has 1 aliphatic rings. The number of amides is 1. The summed E-state index contributed by atoms with van der Waals surface area (Å²) in [5, 5.41) is 9.17. The molecular weight excluding hydrogens is 244 g/mol. The van der Waals surface area contributed by atoms with Crippen molar-refractivity contribution in [1.29, 1.82) is 0 Å². The number of rotatable bonds is 4. The van der Waals surface area contributed by atoms with Crippen molar-refractivity contribution in [1.82, 2.24) is 0 Å². The first-order valence-electron chi connectivity index (χ1n) is 6.53. The van der Waals surface area contributed by atoms with E-state index in [1.807, 2.05) is 19.1 Å². The first-order chi connectivity index (χ1) is 9.15. The van der Waals surface area contributed by atoms with Crippen LogP contribution < -0.4 is 10.6 Å². The molecule has 1 amide bonds. The van der Waals surface area contributed by atoms with Crippen molar-refractivity contribution in [3.05, 3.63) is 24.3 Å². The van der Waals surface area contributed by atoms with Crippen LogP contribution in [0.1, 0.15) is 13.3 Å². The number of nitrogens with two attached hydrogens (primary N) is 1. The second-order valence-corrected chi connectivity index (χ2v) is 4.83. The molecule has 5 nitrogen and oxygen atoms in total. The molecule has 0 saturated carbocycles. The molecule has 19 heavy (non-hydrogen) atoms. The van der Waals surface area contributed by atoms with E-state index in [0.29, 0.717) is 18.0 Å². The first kappa shape index (κ1) is 13.8. The molecule has 104 valence electrons. The second-order valence-electron chi connectivity index (χ2n) is 4.83. The van der Waals surface area contributed by atoms with Gasteiger partial charge in [-0.15, -0.1) is 0 Å². The Morgan fingerprint density at radius 1 is 1.53 bits per heavy atom. The third-order valence-electron chi connectivity index (χ3n) is 3.45. The number of para-hydroxylation sites is 2. The molecular formula is C14H20N2O3. The van der Waals surface area contributed by atoms with Gasteiger partial charge in [0.25, 0.3) is 5.91 Å². The number of aliphatic hydroxyl groups excluding tert-OH is 1. The fourth-order valence-corrected chi connectivity index (χ4v) is 2.35. The smallest absolute Gasteiger partial charge is 0.256 e. The maximum absolute atomic E-state index is 12.5. The Labute approximate surface area is 113 Å². The Kier molecular flexibility index (Phi) is 4.39. The number of hydrogen-bond acceptors (Lipinski definition) is 4.